The topological polar surface area (TPSA) is 53.9 Å². The van der Waals surface area contributed by atoms with E-state index in [2.05, 4.69) is 10.4 Å². The van der Waals surface area contributed by atoms with Gasteiger partial charge in [0.15, 0.2) is 0 Å². The number of rotatable bonds is 5. The molecule has 0 saturated carbocycles. The van der Waals surface area contributed by atoms with Gasteiger partial charge in [-0.2, -0.15) is 5.10 Å². The van der Waals surface area contributed by atoms with Crippen LogP contribution in [0.5, 0.6) is 11.5 Å². The molecule has 36 heavy (non-hydrogen) atoms. The van der Waals surface area contributed by atoms with Gasteiger partial charge in [0.2, 0.25) is 0 Å². The Morgan fingerprint density at radius 2 is 1.39 bits per heavy atom. The van der Waals surface area contributed by atoms with Crippen LogP contribution in [-0.2, 0) is 0 Å². The van der Waals surface area contributed by atoms with E-state index in [1.54, 1.807) is 48.5 Å². The Bertz CT molecular complexity index is 1380. The minimum absolute atomic E-state index is 0.263. The smallest absolute Gasteiger partial charge is 0.342 e. The Morgan fingerprint density at radius 3 is 2.00 bits per heavy atom. The Kier molecular flexibility index (Phi) is 6.45. The van der Waals surface area contributed by atoms with Crippen molar-refractivity contribution in [2.45, 2.75) is 12.8 Å². The normalized spacial score (nSPS) is 14.9. The second-order valence-electron chi connectivity index (χ2n) is 8.55. The molecule has 0 fully saturated rings. The molecule has 5 nitrogen and oxygen atoms in total. The van der Waals surface area contributed by atoms with Gasteiger partial charge in [0, 0.05) is 11.6 Å². The molecule has 1 unspecified atom stereocenters. The number of carbonyl (C=O) groups is 1. The number of carbonyl (C=O) groups excluding carboxylic acids is 1. The van der Waals surface area contributed by atoms with Crippen molar-refractivity contribution in [3.8, 4) is 11.5 Å². The summed E-state index contributed by atoms with van der Waals surface area (Å²) in [4.78, 5) is 13.0. The van der Waals surface area contributed by atoms with Crippen LogP contribution < -0.4 is 10.1 Å². The van der Waals surface area contributed by atoms with Crippen LogP contribution in [0.4, 0.5) is 19.3 Å². The summed E-state index contributed by atoms with van der Waals surface area (Å²) in [6, 6.07) is 26.4. The fraction of sp³-hybridized carbons (Fsp3) is 0.103. The average Bonchev–Trinajstić information content (AvgIpc) is 3.33. The van der Waals surface area contributed by atoms with Crippen LogP contribution >= 0.6 is 0 Å². The minimum Gasteiger partial charge on any atom is -0.457 e. The first kappa shape index (κ1) is 23.2. The molecule has 0 bridgehead atoms. The molecule has 5 rings (SSSR count). The van der Waals surface area contributed by atoms with E-state index < -0.39 is 6.03 Å². The maximum atomic E-state index is 13.5. The summed E-state index contributed by atoms with van der Waals surface area (Å²) < 4.78 is 32.8. The molecule has 1 aliphatic heterocycles. The Balaban J connectivity index is 1.32. The lowest BCUT2D eigenvalue weighted by Crippen LogP contribution is -2.30. The molecule has 0 saturated heterocycles. The van der Waals surface area contributed by atoms with Gasteiger partial charge >= 0.3 is 6.03 Å². The van der Waals surface area contributed by atoms with E-state index in [0.717, 1.165) is 16.9 Å². The summed E-state index contributed by atoms with van der Waals surface area (Å²) in [5.74, 6) is 0.378. The quantitative estimate of drug-likeness (QED) is 0.329. The molecule has 7 heteroatoms. The van der Waals surface area contributed by atoms with Crippen LogP contribution in [0.15, 0.2) is 102 Å². The van der Waals surface area contributed by atoms with Gasteiger partial charge in [0.05, 0.1) is 12.3 Å². The third-order valence-electron chi connectivity index (χ3n) is 5.92. The van der Waals surface area contributed by atoms with Crippen molar-refractivity contribution in [2.24, 2.45) is 5.10 Å². The van der Waals surface area contributed by atoms with E-state index in [1.807, 2.05) is 31.2 Å². The maximum absolute atomic E-state index is 13.5. The number of hydrogen-bond donors (Lipinski definition) is 1. The molecule has 0 aliphatic carbocycles. The number of nitrogens with one attached hydrogen (secondary N) is 1. The van der Waals surface area contributed by atoms with Gasteiger partial charge in [-0.1, -0.05) is 42.0 Å². The molecule has 180 valence electrons. The third kappa shape index (κ3) is 5.25. The molecular weight excluding hydrogens is 460 g/mol. The lowest BCUT2D eigenvalue weighted by atomic mass is 9.90. The Hall–Kier alpha value is -4.52. The van der Waals surface area contributed by atoms with E-state index in [4.69, 9.17) is 4.74 Å². The molecule has 1 aliphatic rings. The Morgan fingerprint density at radius 1 is 0.833 bits per heavy atom. The predicted molar refractivity (Wildman–Crippen MR) is 135 cm³/mol. The number of anilines is 1. The van der Waals surface area contributed by atoms with Gasteiger partial charge < -0.3 is 10.1 Å². The van der Waals surface area contributed by atoms with Gasteiger partial charge in [-0.25, -0.2) is 18.6 Å². The summed E-state index contributed by atoms with van der Waals surface area (Å²) in [5.41, 5.74) is 3.85. The number of aryl methyl sites for hydroxylation is 1. The summed E-state index contributed by atoms with van der Waals surface area (Å²) in [5, 5.41) is 8.73. The molecule has 0 radical (unpaired) electrons. The first-order valence-electron chi connectivity index (χ1n) is 11.5. The molecule has 2 amide bonds. The zero-order chi connectivity index (χ0) is 25.1. The van der Waals surface area contributed by atoms with E-state index >= 15 is 0 Å². The highest BCUT2D eigenvalue weighted by atomic mass is 19.1. The van der Waals surface area contributed by atoms with Crippen LogP contribution in [0.25, 0.3) is 0 Å². The van der Waals surface area contributed by atoms with Crippen molar-refractivity contribution in [2.75, 3.05) is 11.9 Å². The van der Waals surface area contributed by atoms with Crippen LogP contribution in [0.3, 0.4) is 0 Å². The molecule has 1 atom stereocenters. The SMILES string of the molecule is Cc1ccc(Oc2ccc(NC(=O)N3CC(c4ccc(F)cc4)C(c4ccc(F)cc4)=N3)cc2)cc1. The zero-order valence-corrected chi connectivity index (χ0v) is 19.5. The van der Waals surface area contributed by atoms with E-state index in [1.165, 1.54) is 29.3 Å². The standard InChI is InChI=1S/C29H23F2N3O2/c1-19-2-14-25(15-3-19)36-26-16-12-24(13-17-26)32-29(35)34-18-27(20-4-8-22(30)9-5-20)28(33-34)21-6-10-23(31)11-7-21/h2-17,27H,18H2,1H3,(H,32,35). The average molecular weight is 484 g/mol. The summed E-state index contributed by atoms with van der Waals surface area (Å²) >= 11 is 0. The van der Waals surface area contributed by atoms with Crippen molar-refractivity contribution in [1.29, 1.82) is 0 Å². The second kappa shape index (κ2) is 10.00. The molecule has 4 aromatic carbocycles. The third-order valence-corrected chi connectivity index (χ3v) is 5.92. The molecule has 1 heterocycles. The highest BCUT2D eigenvalue weighted by molar-refractivity contribution is 6.07. The van der Waals surface area contributed by atoms with Gasteiger partial charge in [-0.15, -0.1) is 0 Å². The number of ether oxygens (including phenoxy) is 1. The molecule has 4 aromatic rings. The molecular formula is C29H23F2N3O2. The number of urea groups is 1. The number of halogens is 2. The lowest BCUT2D eigenvalue weighted by molar-refractivity contribution is 0.218. The van der Waals surface area contributed by atoms with Crippen LogP contribution in [-0.4, -0.2) is 23.3 Å². The number of nitrogens with zero attached hydrogens (tertiary/aromatic N) is 2. The first-order valence-corrected chi connectivity index (χ1v) is 11.5. The highest BCUT2D eigenvalue weighted by Crippen LogP contribution is 2.30. The zero-order valence-electron chi connectivity index (χ0n) is 19.5. The fourth-order valence-electron chi connectivity index (χ4n) is 4.00. The van der Waals surface area contributed by atoms with Crippen molar-refractivity contribution in [3.05, 3.63) is 125 Å². The number of benzene rings is 4. The van der Waals surface area contributed by atoms with Gasteiger partial charge in [0.25, 0.3) is 0 Å². The van der Waals surface area contributed by atoms with Gasteiger partial charge in [0.1, 0.15) is 23.1 Å². The second-order valence-corrected chi connectivity index (χ2v) is 8.55. The van der Waals surface area contributed by atoms with E-state index in [-0.39, 0.29) is 24.1 Å². The summed E-state index contributed by atoms with van der Waals surface area (Å²) in [6.07, 6.45) is 0. The van der Waals surface area contributed by atoms with Crippen LogP contribution in [0, 0.1) is 18.6 Å². The van der Waals surface area contributed by atoms with Gasteiger partial charge in [-0.3, -0.25) is 0 Å². The van der Waals surface area contributed by atoms with E-state index in [0.29, 0.717) is 22.7 Å². The predicted octanol–water partition coefficient (Wildman–Crippen LogP) is 7.10. The van der Waals surface area contributed by atoms with Crippen LogP contribution in [0.2, 0.25) is 0 Å². The number of hydrazone groups is 1. The van der Waals surface area contributed by atoms with Crippen molar-refractivity contribution in [3.63, 3.8) is 0 Å². The molecule has 0 aromatic heterocycles. The monoisotopic (exact) mass is 483 g/mol. The molecule has 1 N–H and O–H groups in total. The van der Waals surface area contributed by atoms with Crippen LogP contribution in [0.1, 0.15) is 22.6 Å². The van der Waals surface area contributed by atoms with Crippen molar-refractivity contribution < 1.29 is 18.3 Å². The highest BCUT2D eigenvalue weighted by Gasteiger charge is 2.32. The van der Waals surface area contributed by atoms with Crippen molar-refractivity contribution >= 4 is 17.4 Å². The van der Waals surface area contributed by atoms with Gasteiger partial charge in [-0.05, 0) is 78.7 Å². The largest absolute Gasteiger partial charge is 0.457 e. The minimum atomic E-state index is -0.411. The van der Waals surface area contributed by atoms with E-state index in [9.17, 15) is 13.6 Å². The Labute approximate surface area is 207 Å². The number of amides is 2. The van der Waals surface area contributed by atoms with Crippen molar-refractivity contribution in [1.82, 2.24) is 5.01 Å². The maximum Gasteiger partial charge on any atom is 0.342 e. The fourth-order valence-corrected chi connectivity index (χ4v) is 4.00. The number of hydrogen-bond acceptors (Lipinski definition) is 3. The molecule has 0 spiro atoms. The summed E-state index contributed by atoms with van der Waals surface area (Å²) in [7, 11) is 0. The summed E-state index contributed by atoms with van der Waals surface area (Å²) in [6.45, 7) is 2.27. The first-order chi connectivity index (χ1) is 17.4. The lowest BCUT2D eigenvalue weighted by Gasteiger charge is -2.16.